The third-order valence-electron chi connectivity index (χ3n) is 6.35. The Morgan fingerprint density at radius 2 is 0.426 bits per heavy atom. The zero-order valence-corrected chi connectivity index (χ0v) is 46.4. The zero-order valence-electron chi connectivity index (χ0n) is 36.5. The maximum absolute atomic E-state index is 2.22. The Bertz CT molecular complexity index is 1320. The van der Waals surface area contributed by atoms with Crippen LogP contribution in [0.4, 0.5) is 0 Å². The van der Waals surface area contributed by atoms with E-state index in [1.165, 1.54) is 50.1 Å². The van der Waals surface area contributed by atoms with Gasteiger partial charge in [-0.3, -0.25) is 0 Å². The quantitative estimate of drug-likeness (QED) is 0.142. The summed E-state index contributed by atoms with van der Waals surface area (Å²) >= 11 is 0. The summed E-state index contributed by atoms with van der Waals surface area (Å²) in [4.78, 5) is 0. The molecule has 2 aliphatic carbocycles. The SMILES string of the molecule is C.CC.CC.CC.CC.CC(C)(C)C.Cc1ccccc1.[Ar].[Ar].[Ar].[Ar].[Ar].[Ar].[Ar].[Ar].[Ar].[Ar].[Ar].[Ar].[Ar].[Ar].c1ccc2c(c1)Cc1ccccc1-2.c1ccc2c(c1)Cc1ccccc1-2. The fourth-order valence-electron chi connectivity index (χ4n) is 4.69. The van der Waals surface area contributed by atoms with Crippen LogP contribution in [0.5, 0.6) is 0 Å². The summed E-state index contributed by atoms with van der Waals surface area (Å²) in [7, 11) is 0. The van der Waals surface area contributed by atoms with Crippen LogP contribution in [0.15, 0.2) is 127 Å². The zero-order chi connectivity index (χ0) is 35.0. The molecule has 0 aromatic heterocycles. The van der Waals surface area contributed by atoms with Gasteiger partial charge in [0.2, 0.25) is 0 Å². The minimum absolute atomic E-state index is 0. The van der Waals surface area contributed by atoms with Gasteiger partial charge in [0.05, 0.1) is 0 Å². The summed E-state index contributed by atoms with van der Waals surface area (Å²) < 4.78 is 0. The van der Waals surface area contributed by atoms with Crippen molar-refractivity contribution in [2.75, 3.05) is 0 Å². The second-order valence-electron chi connectivity index (χ2n) is 11.6. The van der Waals surface area contributed by atoms with E-state index in [-0.39, 0.29) is 536 Å². The van der Waals surface area contributed by atoms with E-state index in [4.69, 9.17) is 0 Å². The fourth-order valence-corrected chi connectivity index (χ4v) is 4.69. The van der Waals surface area contributed by atoms with Crippen LogP contribution in [-0.4, -0.2) is 0 Å². The predicted octanol–water partition coefficient (Wildman–Crippen LogP) is 15.3. The normalized spacial score (nSPS) is 7.62. The number of benzene rings is 5. The van der Waals surface area contributed by atoms with Crippen molar-refractivity contribution >= 4 is 0 Å². The molecule has 0 aliphatic heterocycles. The second-order valence-corrected chi connectivity index (χ2v) is 11.6. The Morgan fingerprint density at radius 1 is 0.279 bits per heavy atom. The van der Waals surface area contributed by atoms with Crippen molar-refractivity contribution in [2.45, 2.75) is 110 Å². The van der Waals surface area contributed by atoms with Gasteiger partial charge in [0.25, 0.3) is 0 Å². The average Bonchev–Trinajstić information content (AvgIpc) is 3.67. The monoisotopic (exact) mass is 1190 g/mol. The van der Waals surface area contributed by atoms with Crippen LogP contribution in [0.2, 0.25) is 0 Å². The van der Waals surface area contributed by atoms with Gasteiger partial charge in [-0.2, -0.15) is 0 Å². The molecule has 0 nitrogen and oxygen atoms in total. The summed E-state index contributed by atoms with van der Waals surface area (Å²) in [6.07, 6.45) is 2.21. The first-order chi connectivity index (χ1) is 22.3. The molecule has 7 rings (SSSR count). The number of hydrogen-bond donors (Lipinski definition) is 0. The number of aryl methyl sites for hydroxylation is 1. The van der Waals surface area contributed by atoms with Crippen molar-refractivity contribution < 1.29 is 528 Å². The number of fused-ring (bicyclic) bond motifs is 6. The van der Waals surface area contributed by atoms with Crippen LogP contribution in [0.25, 0.3) is 22.3 Å². The number of hydrogen-bond acceptors (Lipinski definition) is 0. The molecule has 2 aliphatic rings. The van der Waals surface area contributed by atoms with Crippen LogP contribution in [0, 0.1) is 541 Å². The third kappa shape index (κ3) is 56.8. The van der Waals surface area contributed by atoms with Crippen molar-refractivity contribution in [2.24, 2.45) is 5.41 Å². The molecule has 0 bridgehead atoms. The first kappa shape index (κ1) is 118. The molecule has 5 aromatic carbocycles. The van der Waals surface area contributed by atoms with Crippen LogP contribution in [-0.2, 0) is 12.8 Å². The predicted molar refractivity (Wildman–Crippen MR) is 218 cm³/mol. The average molecular weight is 1190 g/mol. The fraction of sp³-hybridized carbons (Fsp3) is 0.362. The summed E-state index contributed by atoms with van der Waals surface area (Å²) in [6, 6.07) is 44.9. The van der Waals surface area contributed by atoms with Crippen molar-refractivity contribution in [3.63, 3.8) is 0 Å². The van der Waals surface area contributed by atoms with Gasteiger partial charge in [-0.25, -0.2) is 0 Å². The molecule has 5 aromatic rings. The van der Waals surface area contributed by atoms with Gasteiger partial charge in [0, 0.05) is 528 Å². The van der Waals surface area contributed by atoms with Crippen LogP contribution in [0.1, 0.15) is 118 Å². The second kappa shape index (κ2) is 80.2. The van der Waals surface area contributed by atoms with E-state index in [1.54, 1.807) is 0 Å². The van der Waals surface area contributed by atoms with E-state index in [0.717, 1.165) is 12.8 Å². The molecular formula is C47H68Ar14. The van der Waals surface area contributed by atoms with E-state index in [0.29, 0.717) is 5.41 Å². The Hall–Kier alpha value is 13.7. The first-order valence-corrected chi connectivity index (χ1v) is 17.6. The van der Waals surface area contributed by atoms with Gasteiger partial charge >= 0.3 is 0 Å². The van der Waals surface area contributed by atoms with Crippen molar-refractivity contribution in [1.82, 2.24) is 0 Å². The molecule has 368 valence electrons. The van der Waals surface area contributed by atoms with E-state index in [1.807, 2.05) is 73.6 Å². The first-order valence-electron chi connectivity index (χ1n) is 17.6. The molecule has 61 heavy (non-hydrogen) atoms. The standard InChI is InChI=1S/2C13H10.C7H8.C5H12.4C2H6.CH4.14Ar/c2*1-3-7-12-10(5-1)9-11-6-2-4-8-13(11)12;1-7-5-3-2-4-6-7;1-5(2,3)4;4*1-2;;;;;;;;;;;;;;;/h2*1-8H,9H2;2-6H,1H3;1-4H3;4*1-2H3;1H4;;;;;;;;;;;;;;. The van der Waals surface area contributed by atoms with Gasteiger partial charge in [0.15, 0.2) is 0 Å². The molecule has 0 N–H and O–H groups in total. The minimum atomic E-state index is 0. The topological polar surface area (TPSA) is 0 Å². The molecule has 0 heterocycles. The van der Waals surface area contributed by atoms with E-state index >= 15 is 0 Å². The van der Waals surface area contributed by atoms with Crippen LogP contribution in [0.3, 0.4) is 0 Å². The molecule has 0 atom stereocenters. The van der Waals surface area contributed by atoms with E-state index in [2.05, 4.69) is 144 Å². The van der Waals surface area contributed by atoms with Crippen LogP contribution < -0.4 is 0 Å². The smallest absolute Gasteiger partial charge is 0 e. The van der Waals surface area contributed by atoms with Crippen molar-refractivity contribution in [1.29, 1.82) is 0 Å². The van der Waals surface area contributed by atoms with Gasteiger partial charge < -0.3 is 0 Å². The van der Waals surface area contributed by atoms with Gasteiger partial charge in [-0.15, -0.1) is 0 Å². The summed E-state index contributed by atoms with van der Waals surface area (Å²) in [5, 5.41) is 0. The molecule has 14 heteroatoms. The van der Waals surface area contributed by atoms with Crippen molar-refractivity contribution in [3.05, 3.63) is 155 Å². The molecule has 0 radical (unpaired) electrons. The molecule has 0 spiro atoms. The molecular weight excluding hydrogens is 1120 g/mol. The Balaban J connectivity index is -0.0000000287. The molecule has 0 saturated carbocycles. The Labute approximate surface area is 798 Å². The number of rotatable bonds is 0. The molecule has 0 fully saturated rings. The van der Waals surface area contributed by atoms with Crippen LogP contribution >= 0.6 is 0 Å². The largest absolute Gasteiger partial charge is 0.0776 e. The summed E-state index contributed by atoms with van der Waals surface area (Å²) in [5.74, 6) is 0. The van der Waals surface area contributed by atoms with Gasteiger partial charge in [-0.05, 0) is 69.7 Å². The summed E-state index contributed by atoms with van der Waals surface area (Å²) in [5.41, 5.74) is 13.3. The Kier molecular flexibility index (Phi) is 155. The Morgan fingerprint density at radius 3 is 0.574 bits per heavy atom. The van der Waals surface area contributed by atoms with Gasteiger partial charge in [0.1, 0.15) is 0 Å². The molecule has 0 saturated heterocycles. The molecule has 0 amide bonds. The third-order valence-corrected chi connectivity index (χ3v) is 6.35. The van der Waals surface area contributed by atoms with Gasteiger partial charge in [-0.1, -0.05) is 223 Å². The maximum Gasteiger partial charge on any atom is 0 e. The van der Waals surface area contributed by atoms with Crippen molar-refractivity contribution in [3.8, 4) is 22.3 Å². The minimum Gasteiger partial charge on any atom is -0.0776 e. The maximum atomic E-state index is 2.22. The summed E-state index contributed by atoms with van der Waals surface area (Å²) in [6.45, 7) is 26.8. The molecule has 0 unspecified atom stereocenters. The van der Waals surface area contributed by atoms with E-state index in [9.17, 15) is 0 Å². The van der Waals surface area contributed by atoms with E-state index < -0.39 is 0 Å².